The molecule has 5 nitrogen and oxygen atoms in total. The van der Waals surface area contributed by atoms with E-state index in [1.807, 2.05) is 30.3 Å². The summed E-state index contributed by atoms with van der Waals surface area (Å²) in [4.78, 5) is 12.1. The molecule has 1 aromatic rings. The molecule has 1 aliphatic heterocycles. The van der Waals surface area contributed by atoms with Gasteiger partial charge in [-0.2, -0.15) is 0 Å². The van der Waals surface area contributed by atoms with Gasteiger partial charge in [-0.1, -0.05) is 50.1 Å². The summed E-state index contributed by atoms with van der Waals surface area (Å²) in [6.45, 7) is 3.90. The van der Waals surface area contributed by atoms with Crippen LogP contribution in [0.25, 0.3) is 0 Å². The highest BCUT2D eigenvalue weighted by molar-refractivity contribution is 5.76. The van der Waals surface area contributed by atoms with Gasteiger partial charge in [-0.3, -0.25) is 10.1 Å². The van der Waals surface area contributed by atoms with Gasteiger partial charge in [0.1, 0.15) is 18.9 Å². The van der Waals surface area contributed by atoms with E-state index in [2.05, 4.69) is 12.2 Å². The van der Waals surface area contributed by atoms with Gasteiger partial charge in [-0.25, -0.2) is 0 Å². The molecule has 122 valence electrons. The van der Waals surface area contributed by atoms with E-state index >= 15 is 0 Å². The molecule has 22 heavy (non-hydrogen) atoms. The standard InChI is InChI=1S/C17H25NO4/c1-2-3-7-10-21-16-13-20-12-15(18-16)17(19)22-11-14-8-5-4-6-9-14/h4-6,8-9,15-16,18H,2-3,7,10-13H2,1H3/t15-,16?/m0/s1. The molecule has 1 heterocycles. The topological polar surface area (TPSA) is 56.8 Å². The van der Waals surface area contributed by atoms with Crippen molar-refractivity contribution >= 4 is 5.97 Å². The van der Waals surface area contributed by atoms with Crippen LogP contribution in [0.15, 0.2) is 30.3 Å². The predicted octanol–water partition coefficient (Wildman–Crippen LogP) is 2.25. The molecule has 0 aliphatic carbocycles. The number of morpholine rings is 1. The van der Waals surface area contributed by atoms with Crippen molar-refractivity contribution < 1.29 is 19.0 Å². The van der Waals surface area contributed by atoms with Gasteiger partial charge in [0.15, 0.2) is 0 Å². The highest BCUT2D eigenvalue weighted by Crippen LogP contribution is 2.07. The maximum Gasteiger partial charge on any atom is 0.325 e. The van der Waals surface area contributed by atoms with Gasteiger partial charge in [0.25, 0.3) is 0 Å². The number of rotatable bonds is 8. The number of hydrogen-bond donors (Lipinski definition) is 1. The maximum atomic E-state index is 12.1. The summed E-state index contributed by atoms with van der Waals surface area (Å²) in [5, 5.41) is 3.14. The molecule has 1 unspecified atom stereocenters. The molecular weight excluding hydrogens is 282 g/mol. The number of nitrogens with one attached hydrogen (secondary N) is 1. The van der Waals surface area contributed by atoms with E-state index in [-0.39, 0.29) is 18.8 Å². The first kappa shape index (κ1) is 16.9. The number of unbranched alkanes of at least 4 members (excludes halogenated alkanes) is 2. The summed E-state index contributed by atoms with van der Waals surface area (Å²) < 4.78 is 16.4. The Morgan fingerprint density at radius 2 is 2.09 bits per heavy atom. The van der Waals surface area contributed by atoms with Gasteiger partial charge in [0, 0.05) is 6.61 Å². The lowest BCUT2D eigenvalue weighted by Crippen LogP contribution is -2.54. The first-order chi connectivity index (χ1) is 10.8. The Morgan fingerprint density at radius 1 is 1.27 bits per heavy atom. The van der Waals surface area contributed by atoms with Gasteiger partial charge in [0.2, 0.25) is 0 Å². The molecule has 0 radical (unpaired) electrons. The van der Waals surface area contributed by atoms with E-state index in [0.717, 1.165) is 24.8 Å². The monoisotopic (exact) mass is 307 g/mol. The second-order valence-electron chi connectivity index (χ2n) is 5.42. The lowest BCUT2D eigenvalue weighted by Gasteiger charge is -2.29. The Balaban J connectivity index is 1.70. The van der Waals surface area contributed by atoms with Crippen LogP contribution >= 0.6 is 0 Å². The fraction of sp³-hybridized carbons (Fsp3) is 0.588. The normalized spacial score (nSPS) is 21.5. The minimum atomic E-state index is -0.464. The Kier molecular flexibility index (Phi) is 7.36. The smallest absolute Gasteiger partial charge is 0.325 e. The van der Waals surface area contributed by atoms with Crippen LogP contribution in [0.5, 0.6) is 0 Å². The maximum absolute atomic E-state index is 12.1. The Morgan fingerprint density at radius 3 is 2.86 bits per heavy atom. The molecule has 1 fully saturated rings. The number of ether oxygens (including phenoxy) is 3. The molecule has 0 amide bonds. The molecular formula is C17H25NO4. The molecule has 2 rings (SSSR count). The van der Waals surface area contributed by atoms with E-state index < -0.39 is 6.04 Å². The van der Waals surface area contributed by atoms with Crippen LogP contribution in [-0.2, 0) is 25.6 Å². The van der Waals surface area contributed by atoms with Crippen molar-refractivity contribution in [2.45, 2.75) is 45.1 Å². The fourth-order valence-electron chi connectivity index (χ4n) is 2.25. The van der Waals surface area contributed by atoms with Crippen LogP contribution in [0.1, 0.15) is 31.7 Å². The fourth-order valence-corrected chi connectivity index (χ4v) is 2.25. The first-order valence-electron chi connectivity index (χ1n) is 7.95. The summed E-state index contributed by atoms with van der Waals surface area (Å²) in [6, 6.07) is 9.17. The van der Waals surface area contributed by atoms with Crippen LogP contribution in [0.2, 0.25) is 0 Å². The molecule has 0 bridgehead atoms. The van der Waals surface area contributed by atoms with Crippen LogP contribution in [-0.4, -0.2) is 38.1 Å². The number of hydrogen-bond acceptors (Lipinski definition) is 5. The van der Waals surface area contributed by atoms with Crippen molar-refractivity contribution in [1.29, 1.82) is 0 Å². The molecule has 1 aliphatic rings. The summed E-state index contributed by atoms with van der Waals surface area (Å²) in [5.74, 6) is -0.300. The molecule has 2 atom stereocenters. The lowest BCUT2D eigenvalue weighted by atomic mass is 10.2. The zero-order valence-corrected chi connectivity index (χ0v) is 13.1. The van der Waals surface area contributed by atoms with Crippen molar-refractivity contribution in [2.24, 2.45) is 0 Å². The van der Waals surface area contributed by atoms with E-state index in [0.29, 0.717) is 19.8 Å². The van der Waals surface area contributed by atoms with Crippen LogP contribution in [0.3, 0.4) is 0 Å². The van der Waals surface area contributed by atoms with E-state index in [4.69, 9.17) is 14.2 Å². The minimum Gasteiger partial charge on any atom is -0.460 e. The van der Waals surface area contributed by atoms with E-state index in [1.165, 1.54) is 0 Å². The van der Waals surface area contributed by atoms with Gasteiger partial charge in [0.05, 0.1) is 13.2 Å². The summed E-state index contributed by atoms with van der Waals surface area (Å²) in [5.41, 5.74) is 0.972. The van der Waals surface area contributed by atoms with Crippen molar-refractivity contribution in [3.8, 4) is 0 Å². The molecule has 0 saturated carbocycles. The number of carbonyl (C=O) groups is 1. The molecule has 1 saturated heterocycles. The average Bonchev–Trinajstić information content (AvgIpc) is 2.58. The number of benzene rings is 1. The molecule has 5 heteroatoms. The first-order valence-corrected chi connectivity index (χ1v) is 7.95. The SMILES string of the molecule is CCCCCOC1COC[C@@H](C(=O)OCc2ccccc2)N1. The van der Waals surface area contributed by atoms with Gasteiger partial charge >= 0.3 is 5.97 Å². The average molecular weight is 307 g/mol. The van der Waals surface area contributed by atoms with Crippen molar-refractivity contribution in [3.63, 3.8) is 0 Å². The summed E-state index contributed by atoms with van der Waals surface area (Å²) >= 11 is 0. The Labute approximate surface area is 131 Å². The van der Waals surface area contributed by atoms with E-state index in [9.17, 15) is 4.79 Å². The highest BCUT2D eigenvalue weighted by atomic mass is 16.6. The quantitative estimate of drug-likeness (QED) is 0.590. The largest absolute Gasteiger partial charge is 0.460 e. The van der Waals surface area contributed by atoms with Gasteiger partial charge in [-0.05, 0) is 12.0 Å². The summed E-state index contributed by atoms with van der Waals surface area (Å²) in [7, 11) is 0. The second-order valence-corrected chi connectivity index (χ2v) is 5.42. The Bertz CT molecular complexity index is 438. The molecule has 1 aromatic carbocycles. The van der Waals surface area contributed by atoms with E-state index in [1.54, 1.807) is 0 Å². The third-order valence-electron chi connectivity index (χ3n) is 3.52. The van der Waals surface area contributed by atoms with Crippen LogP contribution in [0.4, 0.5) is 0 Å². The molecule has 1 N–H and O–H groups in total. The van der Waals surface area contributed by atoms with Gasteiger partial charge in [-0.15, -0.1) is 0 Å². The van der Waals surface area contributed by atoms with Crippen LogP contribution in [0, 0.1) is 0 Å². The molecule has 0 aromatic heterocycles. The van der Waals surface area contributed by atoms with Crippen molar-refractivity contribution in [3.05, 3.63) is 35.9 Å². The predicted molar refractivity (Wildman–Crippen MR) is 83.2 cm³/mol. The van der Waals surface area contributed by atoms with Gasteiger partial charge < -0.3 is 14.2 Å². The Hall–Kier alpha value is -1.43. The lowest BCUT2D eigenvalue weighted by molar-refractivity contribution is -0.157. The van der Waals surface area contributed by atoms with Crippen molar-refractivity contribution in [1.82, 2.24) is 5.32 Å². The third-order valence-corrected chi connectivity index (χ3v) is 3.52. The zero-order valence-electron chi connectivity index (χ0n) is 13.1. The molecule has 0 spiro atoms. The number of carbonyl (C=O) groups excluding carboxylic acids is 1. The second kappa shape index (κ2) is 9.56. The number of esters is 1. The zero-order chi connectivity index (χ0) is 15.6. The third kappa shape index (κ3) is 5.75. The van der Waals surface area contributed by atoms with Crippen molar-refractivity contribution in [2.75, 3.05) is 19.8 Å². The highest BCUT2D eigenvalue weighted by Gasteiger charge is 2.28. The van der Waals surface area contributed by atoms with Crippen LogP contribution < -0.4 is 5.32 Å². The minimum absolute atomic E-state index is 0.236. The summed E-state index contributed by atoms with van der Waals surface area (Å²) in [6.07, 6.45) is 3.10.